The Morgan fingerprint density at radius 2 is 2.21 bits per heavy atom. The molecule has 1 aliphatic heterocycles. The highest BCUT2D eigenvalue weighted by molar-refractivity contribution is 5.94. The summed E-state index contributed by atoms with van der Waals surface area (Å²) in [6, 6.07) is 9.35. The number of rotatable bonds is 6. The van der Waals surface area contributed by atoms with Crippen molar-refractivity contribution in [2.75, 3.05) is 25.1 Å². The first-order chi connectivity index (χ1) is 9.25. The van der Waals surface area contributed by atoms with E-state index >= 15 is 0 Å². The molecule has 1 aromatic rings. The molecule has 1 heterocycles. The average molecular weight is 262 g/mol. The fourth-order valence-electron chi connectivity index (χ4n) is 2.18. The highest BCUT2D eigenvalue weighted by atomic mass is 16.5. The topological polar surface area (TPSA) is 50.4 Å². The van der Waals surface area contributed by atoms with Gasteiger partial charge in [-0.05, 0) is 44.4 Å². The van der Waals surface area contributed by atoms with Crippen molar-refractivity contribution in [3.63, 3.8) is 0 Å². The number of hydrogen-bond donors (Lipinski definition) is 2. The third-order valence-electron chi connectivity index (χ3n) is 3.46. The van der Waals surface area contributed by atoms with E-state index in [1.165, 1.54) is 0 Å². The first-order valence-corrected chi connectivity index (χ1v) is 6.93. The van der Waals surface area contributed by atoms with Crippen LogP contribution in [0.2, 0.25) is 0 Å². The largest absolute Gasteiger partial charge is 0.381 e. The van der Waals surface area contributed by atoms with Crippen molar-refractivity contribution < 1.29 is 9.53 Å². The van der Waals surface area contributed by atoms with Crippen LogP contribution in [0, 0.1) is 5.92 Å². The van der Waals surface area contributed by atoms with E-state index in [1.54, 1.807) is 0 Å². The van der Waals surface area contributed by atoms with Crippen LogP contribution in [0.4, 0.5) is 5.69 Å². The zero-order valence-electron chi connectivity index (χ0n) is 11.4. The molecule has 1 saturated heterocycles. The van der Waals surface area contributed by atoms with Crippen LogP contribution in [-0.2, 0) is 9.53 Å². The predicted molar refractivity (Wildman–Crippen MR) is 76.1 cm³/mol. The van der Waals surface area contributed by atoms with Gasteiger partial charge >= 0.3 is 0 Å². The van der Waals surface area contributed by atoms with Gasteiger partial charge in [0.25, 0.3) is 0 Å². The standard InChI is InChI=1S/C15H22N2O2/c1-12(16-9-7-13-8-10-19-11-13)15(18)17-14-5-3-2-4-6-14/h2-6,12-13,16H,7-11H2,1H3,(H,17,18). The number of hydrogen-bond acceptors (Lipinski definition) is 3. The predicted octanol–water partition coefficient (Wildman–Crippen LogP) is 2.03. The first-order valence-electron chi connectivity index (χ1n) is 6.93. The molecule has 2 atom stereocenters. The van der Waals surface area contributed by atoms with E-state index in [1.807, 2.05) is 37.3 Å². The van der Waals surface area contributed by atoms with Crippen LogP contribution in [0.15, 0.2) is 30.3 Å². The summed E-state index contributed by atoms with van der Waals surface area (Å²) < 4.78 is 5.33. The van der Waals surface area contributed by atoms with Crippen molar-refractivity contribution in [1.82, 2.24) is 5.32 Å². The molecule has 0 saturated carbocycles. The fourth-order valence-corrected chi connectivity index (χ4v) is 2.18. The molecule has 0 spiro atoms. The molecule has 1 amide bonds. The number of ether oxygens (including phenoxy) is 1. The maximum atomic E-state index is 11.9. The molecule has 0 aliphatic carbocycles. The van der Waals surface area contributed by atoms with Gasteiger partial charge in [0, 0.05) is 18.9 Å². The van der Waals surface area contributed by atoms with Gasteiger partial charge in [-0.25, -0.2) is 0 Å². The minimum Gasteiger partial charge on any atom is -0.381 e. The van der Waals surface area contributed by atoms with E-state index < -0.39 is 0 Å². The maximum absolute atomic E-state index is 11.9. The van der Waals surface area contributed by atoms with Crippen LogP contribution in [-0.4, -0.2) is 31.7 Å². The molecule has 104 valence electrons. The molecule has 2 N–H and O–H groups in total. The number of nitrogens with one attached hydrogen (secondary N) is 2. The van der Waals surface area contributed by atoms with E-state index in [2.05, 4.69) is 10.6 Å². The second kappa shape index (κ2) is 7.26. The minimum absolute atomic E-state index is 0.00821. The monoisotopic (exact) mass is 262 g/mol. The van der Waals surface area contributed by atoms with E-state index in [-0.39, 0.29) is 11.9 Å². The van der Waals surface area contributed by atoms with Crippen LogP contribution in [0.1, 0.15) is 19.8 Å². The lowest BCUT2D eigenvalue weighted by Crippen LogP contribution is -2.39. The normalized spacial score (nSPS) is 20.2. The number of para-hydroxylation sites is 1. The number of carbonyl (C=O) groups is 1. The Balaban J connectivity index is 1.67. The van der Waals surface area contributed by atoms with Crippen molar-refractivity contribution in [3.8, 4) is 0 Å². The SMILES string of the molecule is CC(NCCC1CCOC1)C(=O)Nc1ccccc1. The van der Waals surface area contributed by atoms with E-state index in [9.17, 15) is 4.79 Å². The van der Waals surface area contributed by atoms with E-state index in [0.717, 1.165) is 38.3 Å². The van der Waals surface area contributed by atoms with Gasteiger partial charge in [0.05, 0.1) is 6.04 Å². The molecule has 1 fully saturated rings. The molecule has 1 aromatic carbocycles. The van der Waals surface area contributed by atoms with Gasteiger partial charge in [-0.1, -0.05) is 18.2 Å². The van der Waals surface area contributed by atoms with Crippen molar-refractivity contribution >= 4 is 11.6 Å². The summed E-state index contributed by atoms with van der Waals surface area (Å²) in [5.74, 6) is 0.658. The Kier molecular flexibility index (Phi) is 5.36. The van der Waals surface area contributed by atoms with Crippen LogP contribution in [0.25, 0.3) is 0 Å². The molecular formula is C15H22N2O2. The molecule has 0 bridgehead atoms. The Morgan fingerprint density at radius 1 is 1.42 bits per heavy atom. The summed E-state index contributed by atoms with van der Waals surface area (Å²) in [6.07, 6.45) is 2.22. The molecule has 2 rings (SSSR count). The summed E-state index contributed by atoms with van der Waals surface area (Å²) in [7, 11) is 0. The smallest absolute Gasteiger partial charge is 0.241 e. The Hall–Kier alpha value is -1.39. The quantitative estimate of drug-likeness (QED) is 0.824. The number of benzene rings is 1. The van der Waals surface area contributed by atoms with Crippen molar-refractivity contribution in [2.24, 2.45) is 5.92 Å². The molecule has 2 unspecified atom stereocenters. The second-order valence-corrected chi connectivity index (χ2v) is 5.05. The average Bonchev–Trinajstić information content (AvgIpc) is 2.93. The summed E-state index contributed by atoms with van der Waals surface area (Å²) in [4.78, 5) is 11.9. The molecular weight excluding hydrogens is 240 g/mol. The maximum Gasteiger partial charge on any atom is 0.241 e. The van der Waals surface area contributed by atoms with Crippen molar-refractivity contribution in [2.45, 2.75) is 25.8 Å². The second-order valence-electron chi connectivity index (χ2n) is 5.05. The summed E-state index contributed by atoms with van der Waals surface area (Å²) in [5, 5.41) is 6.16. The highest BCUT2D eigenvalue weighted by Crippen LogP contribution is 2.15. The Labute approximate surface area is 114 Å². The zero-order valence-corrected chi connectivity index (χ0v) is 11.4. The Morgan fingerprint density at radius 3 is 2.89 bits per heavy atom. The van der Waals surface area contributed by atoms with Crippen LogP contribution < -0.4 is 10.6 Å². The first kappa shape index (κ1) is 14.0. The Bertz CT molecular complexity index is 388. The van der Waals surface area contributed by atoms with Gasteiger partial charge in [-0.3, -0.25) is 4.79 Å². The van der Waals surface area contributed by atoms with Gasteiger partial charge in [0.2, 0.25) is 5.91 Å². The summed E-state index contributed by atoms with van der Waals surface area (Å²) >= 11 is 0. The lowest BCUT2D eigenvalue weighted by atomic mass is 10.1. The molecule has 19 heavy (non-hydrogen) atoms. The fraction of sp³-hybridized carbons (Fsp3) is 0.533. The van der Waals surface area contributed by atoms with Gasteiger partial charge < -0.3 is 15.4 Å². The lowest BCUT2D eigenvalue weighted by molar-refractivity contribution is -0.117. The molecule has 4 nitrogen and oxygen atoms in total. The molecule has 4 heteroatoms. The van der Waals surface area contributed by atoms with E-state index in [0.29, 0.717) is 5.92 Å². The number of anilines is 1. The molecule has 0 radical (unpaired) electrons. The summed E-state index contributed by atoms with van der Waals surface area (Å²) in [6.45, 7) is 4.50. The van der Waals surface area contributed by atoms with Gasteiger partial charge in [0.15, 0.2) is 0 Å². The molecule has 0 aromatic heterocycles. The number of amides is 1. The summed E-state index contributed by atoms with van der Waals surface area (Å²) in [5.41, 5.74) is 0.838. The van der Waals surface area contributed by atoms with Crippen LogP contribution in [0.5, 0.6) is 0 Å². The zero-order chi connectivity index (χ0) is 13.5. The highest BCUT2D eigenvalue weighted by Gasteiger charge is 2.17. The molecule has 1 aliphatic rings. The van der Waals surface area contributed by atoms with Gasteiger partial charge in [-0.2, -0.15) is 0 Å². The third-order valence-corrected chi connectivity index (χ3v) is 3.46. The lowest BCUT2D eigenvalue weighted by Gasteiger charge is -2.15. The van der Waals surface area contributed by atoms with Gasteiger partial charge in [0.1, 0.15) is 0 Å². The third kappa shape index (κ3) is 4.65. The number of carbonyl (C=O) groups excluding carboxylic acids is 1. The van der Waals surface area contributed by atoms with Crippen LogP contribution >= 0.6 is 0 Å². The van der Waals surface area contributed by atoms with Crippen molar-refractivity contribution in [1.29, 1.82) is 0 Å². The van der Waals surface area contributed by atoms with E-state index in [4.69, 9.17) is 4.74 Å². The van der Waals surface area contributed by atoms with Crippen molar-refractivity contribution in [3.05, 3.63) is 30.3 Å². The minimum atomic E-state index is -0.178. The van der Waals surface area contributed by atoms with Crippen LogP contribution in [0.3, 0.4) is 0 Å². The van der Waals surface area contributed by atoms with Gasteiger partial charge in [-0.15, -0.1) is 0 Å².